The fourth-order valence-electron chi connectivity index (χ4n) is 1.87. The summed E-state index contributed by atoms with van der Waals surface area (Å²) in [7, 11) is 0. The summed E-state index contributed by atoms with van der Waals surface area (Å²) in [5.74, 6) is 0. The lowest BCUT2D eigenvalue weighted by molar-refractivity contribution is -0.697. The third-order valence-corrected chi connectivity index (χ3v) is 3.09. The highest BCUT2D eigenvalue weighted by Crippen LogP contribution is 2.09. The molecule has 1 heterocycles. The highest BCUT2D eigenvalue weighted by atomic mass is 14.9. The Balaban J connectivity index is 2.00. The number of aryl methyl sites for hydroxylation is 1. The Morgan fingerprint density at radius 3 is 2.11 bits per heavy atom. The number of aromatic nitrogens is 1. The standard InChI is InChI=1S/C17H20N2/c1-2-3-12-19-13-10-16(11-14-19)5-4-15-6-8-17(18)9-7-15/h4-11,13-14,18H,2-3,12H2,1H3/p+1. The largest absolute Gasteiger partial charge is 0.399 e. The van der Waals surface area contributed by atoms with Crippen molar-refractivity contribution in [2.75, 3.05) is 5.73 Å². The van der Waals surface area contributed by atoms with E-state index in [1.54, 1.807) is 0 Å². The van der Waals surface area contributed by atoms with Gasteiger partial charge in [0.15, 0.2) is 12.4 Å². The Bertz CT molecular complexity index is 524. The second-order valence-corrected chi connectivity index (χ2v) is 4.72. The minimum atomic E-state index is 0.800. The predicted molar refractivity (Wildman–Crippen MR) is 81.3 cm³/mol. The zero-order chi connectivity index (χ0) is 13.5. The van der Waals surface area contributed by atoms with Crippen LogP contribution in [0.1, 0.15) is 30.9 Å². The number of hydrogen-bond donors (Lipinski definition) is 1. The third-order valence-electron chi connectivity index (χ3n) is 3.09. The predicted octanol–water partition coefficient (Wildman–Crippen LogP) is 3.53. The topological polar surface area (TPSA) is 29.9 Å². The zero-order valence-corrected chi connectivity index (χ0v) is 11.4. The van der Waals surface area contributed by atoms with Crippen molar-refractivity contribution in [1.82, 2.24) is 0 Å². The maximum atomic E-state index is 5.66. The van der Waals surface area contributed by atoms with Crippen molar-refractivity contribution in [1.29, 1.82) is 0 Å². The highest BCUT2D eigenvalue weighted by Gasteiger charge is 1.98. The molecule has 0 saturated heterocycles. The van der Waals surface area contributed by atoms with E-state index in [0.717, 1.165) is 17.8 Å². The van der Waals surface area contributed by atoms with Crippen molar-refractivity contribution in [2.24, 2.45) is 0 Å². The molecule has 0 amide bonds. The summed E-state index contributed by atoms with van der Waals surface area (Å²) in [6, 6.07) is 12.2. The van der Waals surface area contributed by atoms with Crippen molar-refractivity contribution >= 4 is 17.8 Å². The number of unbranched alkanes of at least 4 members (excludes halogenated alkanes) is 1. The van der Waals surface area contributed by atoms with Crippen LogP contribution in [-0.2, 0) is 6.54 Å². The van der Waals surface area contributed by atoms with Crippen molar-refractivity contribution in [2.45, 2.75) is 26.3 Å². The van der Waals surface area contributed by atoms with Crippen molar-refractivity contribution in [3.8, 4) is 0 Å². The molecule has 0 spiro atoms. The molecule has 0 aliphatic carbocycles. The summed E-state index contributed by atoms with van der Waals surface area (Å²) in [5.41, 5.74) is 8.84. The van der Waals surface area contributed by atoms with E-state index < -0.39 is 0 Å². The second kappa shape index (κ2) is 6.74. The monoisotopic (exact) mass is 253 g/mol. The van der Waals surface area contributed by atoms with Gasteiger partial charge in [-0.05, 0) is 23.3 Å². The average Bonchev–Trinajstić information content (AvgIpc) is 2.46. The molecule has 19 heavy (non-hydrogen) atoms. The molecule has 2 nitrogen and oxygen atoms in total. The van der Waals surface area contributed by atoms with Crippen LogP contribution in [0.2, 0.25) is 0 Å². The van der Waals surface area contributed by atoms with E-state index in [1.165, 1.54) is 18.4 Å². The first-order valence-corrected chi connectivity index (χ1v) is 6.80. The molecular weight excluding hydrogens is 232 g/mol. The SMILES string of the molecule is CCCC[n+]1ccc(/C=C/c2ccc(N)cc2)cc1. The Morgan fingerprint density at radius 2 is 1.53 bits per heavy atom. The molecule has 0 aliphatic rings. The van der Waals surface area contributed by atoms with E-state index in [2.05, 4.69) is 48.2 Å². The van der Waals surface area contributed by atoms with Crippen LogP contribution in [0.15, 0.2) is 48.8 Å². The van der Waals surface area contributed by atoms with Crippen LogP contribution in [0.3, 0.4) is 0 Å². The number of nitrogen functional groups attached to an aromatic ring is 1. The van der Waals surface area contributed by atoms with Gasteiger partial charge in [-0.3, -0.25) is 0 Å². The van der Waals surface area contributed by atoms with Gasteiger partial charge in [0.2, 0.25) is 0 Å². The van der Waals surface area contributed by atoms with Gasteiger partial charge in [0.1, 0.15) is 6.54 Å². The van der Waals surface area contributed by atoms with Crippen LogP contribution in [0.4, 0.5) is 5.69 Å². The van der Waals surface area contributed by atoms with E-state index in [0.29, 0.717) is 0 Å². The lowest BCUT2D eigenvalue weighted by Gasteiger charge is -1.97. The third kappa shape index (κ3) is 4.25. The van der Waals surface area contributed by atoms with Gasteiger partial charge in [0.05, 0.1) is 0 Å². The smallest absolute Gasteiger partial charge is 0.169 e. The number of benzene rings is 1. The first-order valence-electron chi connectivity index (χ1n) is 6.80. The Morgan fingerprint density at radius 1 is 0.947 bits per heavy atom. The van der Waals surface area contributed by atoms with E-state index in [-0.39, 0.29) is 0 Å². The number of pyridine rings is 1. The summed E-state index contributed by atoms with van der Waals surface area (Å²) in [4.78, 5) is 0. The number of nitrogens with two attached hydrogens (primary N) is 1. The second-order valence-electron chi connectivity index (χ2n) is 4.72. The van der Waals surface area contributed by atoms with Crippen molar-refractivity contribution in [3.63, 3.8) is 0 Å². The molecule has 0 bridgehead atoms. The molecule has 0 atom stereocenters. The molecule has 0 radical (unpaired) electrons. The molecule has 0 saturated carbocycles. The van der Waals surface area contributed by atoms with Gasteiger partial charge >= 0.3 is 0 Å². The number of nitrogens with zero attached hydrogens (tertiary/aromatic N) is 1. The fraction of sp³-hybridized carbons (Fsp3) is 0.235. The summed E-state index contributed by atoms with van der Waals surface area (Å²) in [6.45, 7) is 3.31. The van der Waals surface area contributed by atoms with Gasteiger partial charge in [-0.15, -0.1) is 0 Å². The quantitative estimate of drug-likeness (QED) is 0.641. The van der Waals surface area contributed by atoms with Gasteiger partial charge in [0, 0.05) is 24.2 Å². The molecular formula is C17H21N2+. The van der Waals surface area contributed by atoms with Crippen molar-refractivity contribution in [3.05, 3.63) is 59.9 Å². The van der Waals surface area contributed by atoms with Crippen LogP contribution in [0.5, 0.6) is 0 Å². The molecule has 2 rings (SSSR count). The Labute approximate surface area is 115 Å². The Kier molecular flexibility index (Phi) is 4.73. The van der Waals surface area contributed by atoms with Gasteiger partial charge in [-0.1, -0.05) is 37.6 Å². The first kappa shape index (κ1) is 13.3. The van der Waals surface area contributed by atoms with Gasteiger partial charge in [0.25, 0.3) is 0 Å². The highest BCUT2D eigenvalue weighted by molar-refractivity contribution is 5.69. The molecule has 2 heteroatoms. The molecule has 0 unspecified atom stereocenters. The normalized spacial score (nSPS) is 11.0. The molecule has 98 valence electrons. The summed E-state index contributed by atoms with van der Waals surface area (Å²) >= 11 is 0. The van der Waals surface area contributed by atoms with Crippen LogP contribution < -0.4 is 10.3 Å². The minimum absolute atomic E-state index is 0.800. The lowest BCUT2D eigenvalue weighted by Crippen LogP contribution is -2.32. The maximum Gasteiger partial charge on any atom is 0.169 e. The van der Waals surface area contributed by atoms with Crippen LogP contribution in [0.25, 0.3) is 12.2 Å². The first-order chi connectivity index (χ1) is 9.28. The summed E-state index contributed by atoms with van der Waals surface area (Å²) in [6.07, 6.45) is 11.0. The Hall–Kier alpha value is -2.09. The molecule has 2 N–H and O–H groups in total. The maximum absolute atomic E-state index is 5.66. The zero-order valence-electron chi connectivity index (χ0n) is 11.4. The molecule has 2 aromatic rings. The molecule has 1 aromatic carbocycles. The van der Waals surface area contributed by atoms with E-state index >= 15 is 0 Å². The van der Waals surface area contributed by atoms with Crippen LogP contribution >= 0.6 is 0 Å². The van der Waals surface area contributed by atoms with E-state index in [1.807, 2.05) is 24.3 Å². The van der Waals surface area contributed by atoms with E-state index in [4.69, 9.17) is 5.73 Å². The molecule has 0 fully saturated rings. The van der Waals surface area contributed by atoms with Gasteiger partial charge in [-0.2, -0.15) is 0 Å². The van der Waals surface area contributed by atoms with Crippen LogP contribution in [-0.4, -0.2) is 0 Å². The molecule has 1 aromatic heterocycles. The van der Waals surface area contributed by atoms with Crippen LogP contribution in [0, 0.1) is 0 Å². The average molecular weight is 253 g/mol. The lowest BCUT2D eigenvalue weighted by atomic mass is 10.1. The number of hydrogen-bond acceptors (Lipinski definition) is 1. The number of rotatable bonds is 5. The fourth-order valence-corrected chi connectivity index (χ4v) is 1.87. The van der Waals surface area contributed by atoms with Gasteiger partial charge < -0.3 is 5.73 Å². The van der Waals surface area contributed by atoms with Crippen molar-refractivity contribution < 1.29 is 4.57 Å². The number of anilines is 1. The van der Waals surface area contributed by atoms with E-state index in [9.17, 15) is 0 Å². The summed E-state index contributed by atoms with van der Waals surface area (Å²) < 4.78 is 2.23. The summed E-state index contributed by atoms with van der Waals surface area (Å²) in [5, 5.41) is 0. The molecule has 0 aliphatic heterocycles. The minimum Gasteiger partial charge on any atom is -0.399 e. The van der Waals surface area contributed by atoms with Gasteiger partial charge in [-0.25, -0.2) is 4.57 Å².